The van der Waals surface area contributed by atoms with Crippen molar-refractivity contribution in [1.82, 2.24) is 4.57 Å². The van der Waals surface area contributed by atoms with Crippen LogP contribution in [0.25, 0.3) is 0 Å². The van der Waals surface area contributed by atoms with E-state index in [4.69, 9.17) is 11.6 Å². The van der Waals surface area contributed by atoms with Crippen LogP contribution in [-0.4, -0.2) is 10.5 Å². The third-order valence-electron chi connectivity index (χ3n) is 2.41. The standard InChI is InChI=1S/C13H13ClN2O/c1-16-7-6-10(9-16)8-13(17)15-12-5-3-2-4-11(12)14/h2-7,9H,8H2,1H3,(H,15,17). The Kier molecular flexibility index (Phi) is 3.49. The van der Waals surface area contributed by atoms with Crippen LogP contribution >= 0.6 is 11.6 Å². The third kappa shape index (κ3) is 3.11. The van der Waals surface area contributed by atoms with Crippen molar-refractivity contribution < 1.29 is 4.79 Å². The Bertz CT molecular complexity index is 534. The summed E-state index contributed by atoms with van der Waals surface area (Å²) >= 11 is 5.96. The molecule has 4 heteroatoms. The summed E-state index contributed by atoms with van der Waals surface area (Å²) in [6.07, 6.45) is 4.19. The molecule has 0 unspecified atom stereocenters. The molecule has 1 aromatic carbocycles. The van der Waals surface area contributed by atoms with E-state index in [9.17, 15) is 4.79 Å². The molecule has 2 rings (SSSR count). The quantitative estimate of drug-likeness (QED) is 0.891. The Morgan fingerprint density at radius 1 is 1.35 bits per heavy atom. The highest BCUT2D eigenvalue weighted by molar-refractivity contribution is 6.33. The van der Waals surface area contributed by atoms with E-state index in [2.05, 4.69) is 5.32 Å². The zero-order valence-electron chi connectivity index (χ0n) is 9.48. The number of hydrogen-bond acceptors (Lipinski definition) is 1. The highest BCUT2D eigenvalue weighted by Crippen LogP contribution is 2.20. The van der Waals surface area contributed by atoms with Gasteiger partial charge in [0.15, 0.2) is 0 Å². The van der Waals surface area contributed by atoms with Crippen LogP contribution in [0.5, 0.6) is 0 Å². The second kappa shape index (κ2) is 5.06. The highest BCUT2D eigenvalue weighted by atomic mass is 35.5. The average Bonchev–Trinajstić information content (AvgIpc) is 2.67. The maximum atomic E-state index is 11.8. The fourth-order valence-corrected chi connectivity index (χ4v) is 1.79. The van der Waals surface area contributed by atoms with Crippen LogP contribution < -0.4 is 5.32 Å². The first kappa shape index (κ1) is 11.7. The zero-order valence-corrected chi connectivity index (χ0v) is 10.2. The summed E-state index contributed by atoms with van der Waals surface area (Å²) in [5.74, 6) is -0.0655. The molecule has 0 saturated carbocycles. The highest BCUT2D eigenvalue weighted by Gasteiger charge is 2.06. The van der Waals surface area contributed by atoms with Gasteiger partial charge in [0.05, 0.1) is 17.1 Å². The van der Waals surface area contributed by atoms with Crippen LogP contribution in [0.3, 0.4) is 0 Å². The van der Waals surface area contributed by atoms with Gasteiger partial charge in [0, 0.05) is 19.4 Å². The molecule has 0 fully saturated rings. The second-order valence-electron chi connectivity index (χ2n) is 3.89. The molecule has 88 valence electrons. The molecular weight excluding hydrogens is 236 g/mol. The van der Waals surface area contributed by atoms with Gasteiger partial charge in [-0.05, 0) is 23.8 Å². The summed E-state index contributed by atoms with van der Waals surface area (Å²) in [4.78, 5) is 11.8. The van der Waals surface area contributed by atoms with E-state index in [1.165, 1.54) is 0 Å². The van der Waals surface area contributed by atoms with E-state index >= 15 is 0 Å². The minimum atomic E-state index is -0.0655. The van der Waals surface area contributed by atoms with E-state index in [1.807, 2.05) is 42.2 Å². The molecule has 17 heavy (non-hydrogen) atoms. The van der Waals surface area contributed by atoms with Crippen molar-refractivity contribution in [3.63, 3.8) is 0 Å². The summed E-state index contributed by atoms with van der Waals surface area (Å²) in [6, 6.07) is 9.12. The maximum Gasteiger partial charge on any atom is 0.228 e. The van der Waals surface area contributed by atoms with Gasteiger partial charge in [0.2, 0.25) is 5.91 Å². The first-order valence-corrected chi connectivity index (χ1v) is 5.68. The third-order valence-corrected chi connectivity index (χ3v) is 2.74. The van der Waals surface area contributed by atoms with Crippen LogP contribution in [-0.2, 0) is 18.3 Å². The second-order valence-corrected chi connectivity index (χ2v) is 4.30. The van der Waals surface area contributed by atoms with Gasteiger partial charge in [-0.25, -0.2) is 0 Å². The van der Waals surface area contributed by atoms with E-state index in [1.54, 1.807) is 12.1 Å². The molecule has 0 aliphatic carbocycles. The van der Waals surface area contributed by atoms with Crippen molar-refractivity contribution in [1.29, 1.82) is 0 Å². The first-order valence-electron chi connectivity index (χ1n) is 5.30. The molecular formula is C13H13ClN2O. The number of carbonyl (C=O) groups is 1. The van der Waals surface area contributed by atoms with Crippen LogP contribution in [0.2, 0.25) is 5.02 Å². The number of benzene rings is 1. The van der Waals surface area contributed by atoms with E-state index < -0.39 is 0 Å². The van der Waals surface area contributed by atoms with E-state index in [0.717, 1.165) is 5.56 Å². The van der Waals surface area contributed by atoms with Crippen molar-refractivity contribution in [3.8, 4) is 0 Å². The zero-order chi connectivity index (χ0) is 12.3. The number of carbonyl (C=O) groups excluding carboxylic acids is 1. The lowest BCUT2D eigenvalue weighted by Crippen LogP contribution is -2.14. The first-order chi connectivity index (χ1) is 8.15. The Morgan fingerprint density at radius 3 is 2.76 bits per heavy atom. The molecule has 0 saturated heterocycles. The number of nitrogens with one attached hydrogen (secondary N) is 1. The van der Waals surface area contributed by atoms with Crippen molar-refractivity contribution in [2.24, 2.45) is 7.05 Å². The van der Waals surface area contributed by atoms with Crippen LogP contribution in [0, 0.1) is 0 Å². The molecule has 0 spiro atoms. The van der Waals surface area contributed by atoms with Gasteiger partial charge >= 0.3 is 0 Å². The van der Waals surface area contributed by atoms with Gasteiger partial charge in [-0.3, -0.25) is 4.79 Å². The molecule has 0 radical (unpaired) electrons. The summed E-state index contributed by atoms with van der Waals surface area (Å²) in [5, 5.41) is 3.34. The minimum absolute atomic E-state index is 0.0655. The van der Waals surface area contributed by atoms with Gasteiger partial charge in [0.1, 0.15) is 0 Å². The van der Waals surface area contributed by atoms with Crippen LogP contribution in [0.15, 0.2) is 42.7 Å². The summed E-state index contributed by atoms with van der Waals surface area (Å²) in [6.45, 7) is 0. The Balaban J connectivity index is 2.01. The van der Waals surface area contributed by atoms with Crippen molar-refractivity contribution >= 4 is 23.2 Å². The van der Waals surface area contributed by atoms with Gasteiger partial charge in [-0.15, -0.1) is 0 Å². The lowest BCUT2D eigenvalue weighted by atomic mass is 10.2. The van der Waals surface area contributed by atoms with E-state index in [-0.39, 0.29) is 5.91 Å². The van der Waals surface area contributed by atoms with Crippen LogP contribution in [0.4, 0.5) is 5.69 Å². The number of hydrogen-bond donors (Lipinski definition) is 1. The number of para-hydroxylation sites is 1. The fraction of sp³-hybridized carbons (Fsp3) is 0.154. The van der Waals surface area contributed by atoms with Gasteiger partial charge in [0.25, 0.3) is 0 Å². The van der Waals surface area contributed by atoms with Crippen molar-refractivity contribution in [3.05, 3.63) is 53.3 Å². The minimum Gasteiger partial charge on any atom is -0.357 e. The van der Waals surface area contributed by atoms with Gasteiger partial charge in [-0.1, -0.05) is 23.7 Å². The maximum absolute atomic E-state index is 11.8. The molecule has 0 aliphatic heterocycles. The monoisotopic (exact) mass is 248 g/mol. The van der Waals surface area contributed by atoms with Crippen molar-refractivity contribution in [2.75, 3.05) is 5.32 Å². The molecule has 0 aliphatic rings. The molecule has 0 atom stereocenters. The smallest absolute Gasteiger partial charge is 0.228 e. The molecule has 1 heterocycles. The summed E-state index contributed by atoms with van der Waals surface area (Å²) < 4.78 is 1.91. The van der Waals surface area contributed by atoms with Crippen molar-refractivity contribution in [2.45, 2.75) is 6.42 Å². The molecule has 0 bridgehead atoms. The molecule has 1 aromatic heterocycles. The normalized spacial score (nSPS) is 10.2. The topological polar surface area (TPSA) is 34.0 Å². The molecule has 2 aromatic rings. The molecule has 1 N–H and O–H groups in total. The summed E-state index contributed by atoms with van der Waals surface area (Å²) in [7, 11) is 1.93. The summed E-state index contributed by atoms with van der Waals surface area (Å²) in [5.41, 5.74) is 1.63. The van der Waals surface area contributed by atoms with Gasteiger partial charge in [-0.2, -0.15) is 0 Å². The van der Waals surface area contributed by atoms with E-state index in [0.29, 0.717) is 17.1 Å². The van der Waals surface area contributed by atoms with Crippen LogP contribution in [0.1, 0.15) is 5.56 Å². The number of aromatic nitrogens is 1. The number of nitrogens with zero attached hydrogens (tertiary/aromatic N) is 1. The predicted molar refractivity (Wildman–Crippen MR) is 69.2 cm³/mol. The molecule has 3 nitrogen and oxygen atoms in total. The average molecular weight is 249 g/mol. The van der Waals surface area contributed by atoms with Gasteiger partial charge < -0.3 is 9.88 Å². The number of rotatable bonds is 3. The SMILES string of the molecule is Cn1ccc(CC(=O)Nc2ccccc2Cl)c1. The predicted octanol–water partition coefficient (Wildman–Crippen LogP) is 2.86. The Morgan fingerprint density at radius 2 is 2.12 bits per heavy atom. The Hall–Kier alpha value is -1.74. The number of halogens is 1. The molecule has 1 amide bonds. The number of anilines is 1. The lowest BCUT2D eigenvalue weighted by Gasteiger charge is -2.05. The largest absolute Gasteiger partial charge is 0.357 e. The fourth-order valence-electron chi connectivity index (χ4n) is 1.61. The number of aryl methyl sites for hydroxylation is 1. The number of amides is 1. The lowest BCUT2D eigenvalue weighted by molar-refractivity contribution is -0.115. The Labute approximate surface area is 105 Å².